The lowest BCUT2D eigenvalue weighted by molar-refractivity contribution is -0.0575. The van der Waals surface area contributed by atoms with Crippen LogP contribution < -0.4 is 5.73 Å². The highest BCUT2D eigenvalue weighted by Gasteiger charge is 2.26. The molecule has 15 heavy (non-hydrogen) atoms. The molecule has 0 amide bonds. The van der Waals surface area contributed by atoms with Crippen LogP contribution in [0.25, 0.3) is 0 Å². The molecule has 90 valence electrons. The molecule has 0 heterocycles. The van der Waals surface area contributed by atoms with Crippen molar-refractivity contribution in [1.29, 1.82) is 0 Å². The van der Waals surface area contributed by atoms with Gasteiger partial charge in [-0.1, -0.05) is 6.42 Å². The molecule has 0 aromatic carbocycles. The molecule has 3 nitrogen and oxygen atoms in total. The van der Waals surface area contributed by atoms with Crippen LogP contribution in [0.2, 0.25) is 0 Å². The predicted molar refractivity (Wildman–Crippen MR) is 61.8 cm³/mol. The first-order valence-corrected chi connectivity index (χ1v) is 5.98. The summed E-state index contributed by atoms with van der Waals surface area (Å²) in [7, 11) is 0. The van der Waals surface area contributed by atoms with E-state index < -0.39 is 0 Å². The van der Waals surface area contributed by atoms with Gasteiger partial charge in [-0.25, -0.2) is 0 Å². The van der Waals surface area contributed by atoms with Gasteiger partial charge in [-0.3, -0.25) is 0 Å². The Balaban J connectivity index is 2.09. The average molecular weight is 215 g/mol. The highest BCUT2D eigenvalue weighted by atomic mass is 16.5. The second-order valence-electron chi connectivity index (χ2n) is 5.30. The fraction of sp³-hybridized carbons (Fsp3) is 1.00. The smallest absolute Gasteiger partial charge is 0.0707 e. The molecule has 0 radical (unpaired) electrons. The Kier molecular flexibility index (Phi) is 5.03. The summed E-state index contributed by atoms with van der Waals surface area (Å²) in [5.74, 6) is 0.569. The minimum absolute atomic E-state index is 0.0632. The normalized spacial score (nSPS) is 27.2. The van der Waals surface area contributed by atoms with Crippen LogP contribution in [-0.2, 0) is 9.47 Å². The van der Waals surface area contributed by atoms with E-state index in [0.717, 1.165) is 13.0 Å². The van der Waals surface area contributed by atoms with Crippen molar-refractivity contribution in [3.05, 3.63) is 0 Å². The van der Waals surface area contributed by atoms with Crippen molar-refractivity contribution in [1.82, 2.24) is 0 Å². The molecule has 1 aliphatic rings. The van der Waals surface area contributed by atoms with Crippen LogP contribution in [0.4, 0.5) is 0 Å². The monoisotopic (exact) mass is 215 g/mol. The van der Waals surface area contributed by atoms with Crippen molar-refractivity contribution in [2.75, 3.05) is 19.8 Å². The van der Waals surface area contributed by atoms with E-state index in [-0.39, 0.29) is 5.60 Å². The van der Waals surface area contributed by atoms with E-state index in [4.69, 9.17) is 15.2 Å². The van der Waals surface area contributed by atoms with Crippen LogP contribution in [0, 0.1) is 5.92 Å². The Bertz CT molecular complexity index is 177. The Hall–Kier alpha value is -0.120. The first-order valence-electron chi connectivity index (χ1n) is 5.98. The lowest BCUT2D eigenvalue weighted by Gasteiger charge is -2.22. The molecule has 2 unspecified atom stereocenters. The summed E-state index contributed by atoms with van der Waals surface area (Å²) in [5, 5.41) is 0. The van der Waals surface area contributed by atoms with E-state index >= 15 is 0 Å². The molecule has 3 heteroatoms. The van der Waals surface area contributed by atoms with Crippen LogP contribution >= 0.6 is 0 Å². The van der Waals surface area contributed by atoms with Gasteiger partial charge in [0.25, 0.3) is 0 Å². The van der Waals surface area contributed by atoms with Crippen LogP contribution in [0.5, 0.6) is 0 Å². The fourth-order valence-electron chi connectivity index (χ4n) is 2.04. The Morgan fingerprint density at radius 1 is 1.20 bits per heavy atom. The maximum absolute atomic E-state index is 5.80. The first kappa shape index (κ1) is 12.9. The topological polar surface area (TPSA) is 44.5 Å². The molecule has 1 fully saturated rings. The fourth-order valence-corrected chi connectivity index (χ4v) is 2.04. The molecule has 1 saturated carbocycles. The van der Waals surface area contributed by atoms with Crippen LogP contribution in [-0.4, -0.2) is 31.5 Å². The molecule has 0 bridgehead atoms. The van der Waals surface area contributed by atoms with Gasteiger partial charge in [0.2, 0.25) is 0 Å². The van der Waals surface area contributed by atoms with Gasteiger partial charge in [-0.2, -0.15) is 0 Å². The summed E-state index contributed by atoms with van der Waals surface area (Å²) in [6, 6.07) is 0. The molecule has 2 N–H and O–H groups in total. The number of hydrogen-bond acceptors (Lipinski definition) is 3. The van der Waals surface area contributed by atoms with E-state index in [9.17, 15) is 0 Å². The van der Waals surface area contributed by atoms with Crippen molar-refractivity contribution < 1.29 is 9.47 Å². The van der Waals surface area contributed by atoms with E-state index in [2.05, 4.69) is 20.8 Å². The molecule has 1 aliphatic carbocycles. The first-order chi connectivity index (χ1) is 7.03. The molecule has 0 aromatic heterocycles. The van der Waals surface area contributed by atoms with Gasteiger partial charge < -0.3 is 15.2 Å². The second-order valence-corrected chi connectivity index (χ2v) is 5.30. The van der Waals surface area contributed by atoms with Gasteiger partial charge in [0, 0.05) is 0 Å². The summed E-state index contributed by atoms with van der Waals surface area (Å²) >= 11 is 0. The van der Waals surface area contributed by atoms with Crippen LogP contribution in [0.3, 0.4) is 0 Å². The molecular formula is C12H25NO2. The number of ether oxygens (including phenoxy) is 2. The third kappa shape index (κ3) is 4.96. The summed E-state index contributed by atoms with van der Waals surface area (Å²) < 4.78 is 11.4. The summed E-state index contributed by atoms with van der Waals surface area (Å²) in [4.78, 5) is 0. The minimum Gasteiger partial charge on any atom is -0.375 e. The zero-order valence-electron chi connectivity index (χ0n) is 10.3. The van der Waals surface area contributed by atoms with Gasteiger partial charge in [-0.05, 0) is 46.1 Å². The van der Waals surface area contributed by atoms with Gasteiger partial charge in [-0.15, -0.1) is 0 Å². The minimum atomic E-state index is -0.0632. The maximum atomic E-state index is 5.80. The van der Waals surface area contributed by atoms with E-state index in [1.54, 1.807) is 0 Å². The third-order valence-corrected chi connectivity index (χ3v) is 2.84. The highest BCUT2D eigenvalue weighted by molar-refractivity contribution is 4.78. The second kappa shape index (κ2) is 5.83. The van der Waals surface area contributed by atoms with Crippen molar-refractivity contribution >= 4 is 0 Å². The zero-order chi connectivity index (χ0) is 11.3. The quantitative estimate of drug-likeness (QED) is 0.713. The molecular weight excluding hydrogens is 190 g/mol. The zero-order valence-corrected chi connectivity index (χ0v) is 10.3. The molecule has 1 rings (SSSR count). The summed E-state index contributed by atoms with van der Waals surface area (Å²) in [5.41, 5.74) is 5.62. The molecule has 0 aliphatic heterocycles. The molecule has 0 aromatic rings. The van der Waals surface area contributed by atoms with E-state index in [1.165, 1.54) is 12.8 Å². The average Bonchev–Trinajstić information content (AvgIpc) is 2.58. The van der Waals surface area contributed by atoms with E-state index in [1.807, 2.05) is 0 Å². The lowest BCUT2D eigenvalue weighted by atomic mass is 10.1. The van der Waals surface area contributed by atoms with Crippen molar-refractivity contribution in [2.24, 2.45) is 11.7 Å². The number of rotatable bonds is 5. The SMILES string of the molecule is CC(C)(C)OCCOC1CCCC1CN. The Morgan fingerprint density at radius 2 is 1.93 bits per heavy atom. The summed E-state index contributed by atoms with van der Waals surface area (Å²) in [6.07, 6.45) is 4.02. The molecule has 2 atom stereocenters. The van der Waals surface area contributed by atoms with Crippen molar-refractivity contribution in [3.63, 3.8) is 0 Å². The molecule has 0 saturated heterocycles. The standard InChI is InChI=1S/C12H25NO2/c1-12(2,3)15-8-7-14-11-6-4-5-10(11)9-13/h10-11H,4-9,13H2,1-3H3. The van der Waals surface area contributed by atoms with Gasteiger partial charge >= 0.3 is 0 Å². The number of nitrogens with two attached hydrogens (primary N) is 1. The molecule has 0 spiro atoms. The predicted octanol–water partition coefficient (Wildman–Crippen LogP) is 1.95. The lowest BCUT2D eigenvalue weighted by Crippen LogP contribution is -2.28. The van der Waals surface area contributed by atoms with Gasteiger partial charge in [0.1, 0.15) is 0 Å². The van der Waals surface area contributed by atoms with Gasteiger partial charge in [0.15, 0.2) is 0 Å². The summed E-state index contributed by atoms with van der Waals surface area (Å²) in [6.45, 7) is 8.31. The van der Waals surface area contributed by atoms with Crippen molar-refractivity contribution in [2.45, 2.75) is 51.7 Å². The largest absolute Gasteiger partial charge is 0.375 e. The third-order valence-electron chi connectivity index (χ3n) is 2.84. The Morgan fingerprint density at radius 3 is 2.53 bits per heavy atom. The van der Waals surface area contributed by atoms with E-state index in [0.29, 0.717) is 25.2 Å². The Labute approximate surface area is 93.3 Å². The van der Waals surface area contributed by atoms with Crippen molar-refractivity contribution in [3.8, 4) is 0 Å². The highest BCUT2D eigenvalue weighted by Crippen LogP contribution is 2.27. The maximum Gasteiger partial charge on any atom is 0.0707 e. The van der Waals surface area contributed by atoms with Crippen LogP contribution in [0.1, 0.15) is 40.0 Å². The number of hydrogen-bond donors (Lipinski definition) is 1. The van der Waals surface area contributed by atoms with Gasteiger partial charge in [0.05, 0.1) is 24.9 Å². The van der Waals surface area contributed by atoms with Crippen LogP contribution in [0.15, 0.2) is 0 Å².